The Morgan fingerprint density at radius 2 is 1.56 bits per heavy atom. The van der Waals surface area contributed by atoms with Gasteiger partial charge < -0.3 is 10.3 Å². The predicted molar refractivity (Wildman–Crippen MR) is 134 cm³/mol. The first-order chi connectivity index (χ1) is 16.6. The molecule has 0 spiro atoms. The van der Waals surface area contributed by atoms with Crippen LogP contribution in [0.1, 0.15) is 44.7 Å². The molecule has 0 radical (unpaired) electrons. The van der Waals surface area contributed by atoms with E-state index in [1.54, 1.807) is 0 Å². The van der Waals surface area contributed by atoms with Gasteiger partial charge in [0.25, 0.3) is 5.91 Å². The molecule has 1 unspecified atom stereocenters. The van der Waals surface area contributed by atoms with Gasteiger partial charge >= 0.3 is 0 Å². The summed E-state index contributed by atoms with van der Waals surface area (Å²) in [4.78, 5) is 21.7. The third-order valence-electron chi connectivity index (χ3n) is 6.11. The number of H-pyrrole nitrogens is 1. The van der Waals surface area contributed by atoms with Gasteiger partial charge in [-0.1, -0.05) is 72.8 Å². The number of aromatic nitrogens is 4. The van der Waals surface area contributed by atoms with E-state index in [9.17, 15) is 4.79 Å². The number of amides is 1. The van der Waals surface area contributed by atoms with Crippen LogP contribution < -0.4 is 5.32 Å². The largest absolute Gasteiger partial charge is 0.342 e. The van der Waals surface area contributed by atoms with Crippen molar-refractivity contribution in [3.63, 3.8) is 0 Å². The number of carbonyl (C=O) groups excluding carboxylic acids is 1. The van der Waals surface area contributed by atoms with E-state index in [4.69, 9.17) is 4.98 Å². The van der Waals surface area contributed by atoms with Gasteiger partial charge in [-0.05, 0) is 43.5 Å². The minimum absolute atomic E-state index is 0.143. The Labute approximate surface area is 198 Å². The number of nitrogens with zero attached hydrogens (tertiary/aromatic N) is 3. The van der Waals surface area contributed by atoms with Gasteiger partial charge in [0.2, 0.25) is 0 Å². The molecule has 5 aromatic rings. The van der Waals surface area contributed by atoms with Crippen LogP contribution in [0.25, 0.3) is 11.0 Å². The van der Waals surface area contributed by atoms with Crippen LogP contribution in [0.5, 0.6) is 0 Å². The summed E-state index contributed by atoms with van der Waals surface area (Å²) in [5.41, 5.74) is 6.28. The number of benzene rings is 3. The van der Waals surface area contributed by atoms with E-state index in [2.05, 4.69) is 39.7 Å². The molecule has 2 aromatic heterocycles. The van der Waals surface area contributed by atoms with Crippen molar-refractivity contribution in [3.05, 3.63) is 119 Å². The Morgan fingerprint density at radius 1 is 0.912 bits per heavy atom. The first kappa shape index (κ1) is 21.6. The number of para-hydroxylation sites is 2. The molecule has 0 aliphatic heterocycles. The van der Waals surface area contributed by atoms with Crippen molar-refractivity contribution in [1.29, 1.82) is 0 Å². The Balaban J connectivity index is 1.44. The van der Waals surface area contributed by atoms with Crippen LogP contribution in [0.2, 0.25) is 0 Å². The highest BCUT2D eigenvalue weighted by molar-refractivity contribution is 5.96. The fourth-order valence-electron chi connectivity index (χ4n) is 4.37. The maximum Gasteiger partial charge on any atom is 0.255 e. The van der Waals surface area contributed by atoms with Gasteiger partial charge in [-0.25, -0.2) is 4.98 Å². The van der Waals surface area contributed by atoms with Crippen molar-refractivity contribution in [3.8, 4) is 0 Å². The van der Waals surface area contributed by atoms with Crippen molar-refractivity contribution < 1.29 is 4.79 Å². The summed E-state index contributed by atoms with van der Waals surface area (Å²) in [5.74, 6) is 0.598. The van der Waals surface area contributed by atoms with Crippen molar-refractivity contribution >= 4 is 16.9 Å². The minimum atomic E-state index is -0.307. The molecule has 2 N–H and O–H groups in total. The van der Waals surface area contributed by atoms with E-state index in [0.29, 0.717) is 24.2 Å². The summed E-state index contributed by atoms with van der Waals surface area (Å²) in [6, 6.07) is 27.9. The maximum atomic E-state index is 13.5. The third kappa shape index (κ3) is 4.48. The molecule has 0 saturated carbocycles. The maximum absolute atomic E-state index is 13.5. The lowest BCUT2D eigenvalue weighted by Crippen LogP contribution is -2.31. The molecule has 0 fully saturated rings. The van der Waals surface area contributed by atoms with Crippen LogP contribution in [0.4, 0.5) is 0 Å². The summed E-state index contributed by atoms with van der Waals surface area (Å²) < 4.78 is 1.90. The van der Waals surface area contributed by atoms with Gasteiger partial charge in [0.05, 0.1) is 34.9 Å². The molecule has 6 heteroatoms. The monoisotopic (exact) mass is 449 g/mol. The molecule has 34 heavy (non-hydrogen) atoms. The molecule has 6 nitrogen and oxygen atoms in total. The molecule has 2 heterocycles. The molecular weight excluding hydrogens is 422 g/mol. The Hall–Kier alpha value is -4.19. The summed E-state index contributed by atoms with van der Waals surface area (Å²) in [6.07, 6.45) is 0.628. The van der Waals surface area contributed by atoms with E-state index in [1.165, 1.54) is 0 Å². The fourth-order valence-corrected chi connectivity index (χ4v) is 4.37. The number of aromatic amines is 1. The Kier molecular flexibility index (Phi) is 5.95. The fraction of sp³-hybridized carbons (Fsp3) is 0.179. The molecule has 0 aliphatic carbocycles. The number of nitrogens with one attached hydrogen (secondary N) is 2. The van der Waals surface area contributed by atoms with Gasteiger partial charge in [0.15, 0.2) is 0 Å². The second-order valence-corrected chi connectivity index (χ2v) is 8.54. The molecular formula is C28H27N5O. The van der Waals surface area contributed by atoms with E-state index >= 15 is 0 Å². The molecule has 0 saturated heterocycles. The third-order valence-corrected chi connectivity index (χ3v) is 6.11. The van der Waals surface area contributed by atoms with E-state index in [-0.39, 0.29) is 11.9 Å². The molecule has 0 aliphatic rings. The standard InChI is InChI=1S/C28H27N5O/c1-19-26(20(2)33(32-19)18-22-13-7-4-8-14-22)28(34)31-25(17-21-11-5-3-6-12-21)27-29-23-15-9-10-16-24(23)30-27/h3-16,25H,17-18H2,1-2H3,(H,29,30)(H,31,34). The first-order valence-corrected chi connectivity index (χ1v) is 11.5. The van der Waals surface area contributed by atoms with Crippen LogP contribution >= 0.6 is 0 Å². The second-order valence-electron chi connectivity index (χ2n) is 8.54. The lowest BCUT2D eigenvalue weighted by Gasteiger charge is -2.17. The Morgan fingerprint density at radius 3 is 2.26 bits per heavy atom. The lowest BCUT2D eigenvalue weighted by molar-refractivity contribution is 0.0933. The van der Waals surface area contributed by atoms with Crippen molar-refractivity contribution in [1.82, 2.24) is 25.1 Å². The van der Waals surface area contributed by atoms with Gasteiger partial charge in [0.1, 0.15) is 5.82 Å². The zero-order chi connectivity index (χ0) is 23.5. The second kappa shape index (κ2) is 9.35. The number of hydrogen-bond donors (Lipinski definition) is 2. The molecule has 3 aromatic carbocycles. The average molecular weight is 450 g/mol. The zero-order valence-corrected chi connectivity index (χ0v) is 19.3. The highest BCUT2D eigenvalue weighted by Crippen LogP contribution is 2.22. The smallest absolute Gasteiger partial charge is 0.255 e. The average Bonchev–Trinajstić information content (AvgIpc) is 3.40. The zero-order valence-electron chi connectivity index (χ0n) is 19.3. The molecule has 0 bridgehead atoms. The van der Waals surface area contributed by atoms with Crippen molar-refractivity contribution in [2.24, 2.45) is 0 Å². The summed E-state index contributed by atoms with van der Waals surface area (Å²) in [7, 11) is 0. The molecule has 170 valence electrons. The van der Waals surface area contributed by atoms with E-state index in [0.717, 1.165) is 33.7 Å². The van der Waals surface area contributed by atoms with Crippen LogP contribution in [0, 0.1) is 13.8 Å². The van der Waals surface area contributed by atoms with Gasteiger partial charge in [-0.15, -0.1) is 0 Å². The van der Waals surface area contributed by atoms with E-state index < -0.39 is 0 Å². The van der Waals surface area contributed by atoms with Gasteiger partial charge in [0, 0.05) is 5.69 Å². The predicted octanol–water partition coefficient (Wildman–Crippen LogP) is 5.14. The number of fused-ring (bicyclic) bond motifs is 1. The first-order valence-electron chi connectivity index (χ1n) is 11.5. The molecule has 1 amide bonds. The SMILES string of the molecule is Cc1nn(Cc2ccccc2)c(C)c1C(=O)NC(Cc1ccccc1)c1nc2ccccc2[nH]1. The Bertz CT molecular complexity index is 1390. The highest BCUT2D eigenvalue weighted by atomic mass is 16.1. The number of rotatable bonds is 7. The normalized spacial score (nSPS) is 12.1. The van der Waals surface area contributed by atoms with E-state index in [1.807, 2.05) is 79.2 Å². The summed E-state index contributed by atoms with van der Waals surface area (Å²) >= 11 is 0. The quantitative estimate of drug-likeness (QED) is 0.361. The van der Waals surface area contributed by atoms with Crippen LogP contribution in [0.3, 0.4) is 0 Å². The van der Waals surface area contributed by atoms with Crippen molar-refractivity contribution in [2.75, 3.05) is 0 Å². The minimum Gasteiger partial charge on any atom is -0.342 e. The summed E-state index contributed by atoms with van der Waals surface area (Å²) in [5, 5.41) is 7.89. The van der Waals surface area contributed by atoms with Crippen LogP contribution in [0.15, 0.2) is 84.9 Å². The number of aryl methyl sites for hydroxylation is 1. The van der Waals surface area contributed by atoms with Gasteiger partial charge in [-0.3, -0.25) is 9.48 Å². The number of imidazole rings is 1. The van der Waals surface area contributed by atoms with Crippen LogP contribution in [-0.2, 0) is 13.0 Å². The topological polar surface area (TPSA) is 75.6 Å². The van der Waals surface area contributed by atoms with Crippen molar-refractivity contribution in [2.45, 2.75) is 32.9 Å². The molecule has 1 atom stereocenters. The van der Waals surface area contributed by atoms with Crippen LogP contribution in [-0.4, -0.2) is 25.7 Å². The summed E-state index contributed by atoms with van der Waals surface area (Å²) in [6.45, 7) is 4.46. The highest BCUT2D eigenvalue weighted by Gasteiger charge is 2.24. The number of carbonyl (C=O) groups is 1. The number of hydrogen-bond acceptors (Lipinski definition) is 3. The van der Waals surface area contributed by atoms with Gasteiger partial charge in [-0.2, -0.15) is 5.10 Å². The molecule has 5 rings (SSSR count). The lowest BCUT2D eigenvalue weighted by atomic mass is 10.0.